The number of nitrogens with zero attached hydrogens (tertiary/aromatic N) is 4. The molecular weight excluding hydrogens is 462 g/mol. The Morgan fingerprint density at radius 3 is 2.39 bits per heavy atom. The smallest absolute Gasteiger partial charge is 0.387 e. The van der Waals surface area contributed by atoms with Crippen molar-refractivity contribution in [2.24, 2.45) is 0 Å². The molecule has 1 aliphatic rings. The zero-order valence-electron chi connectivity index (χ0n) is 19.9. The summed E-state index contributed by atoms with van der Waals surface area (Å²) in [4.78, 5) is 23.2. The van der Waals surface area contributed by atoms with Gasteiger partial charge in [0, 0.05) is 17.3 Å². The monoisotopic (exact) mass is 486 g/mol. The molecule has 0 bridgehead atoms. The summed E-state index contributed by atoms with van der Waals surface area (Å²) >= 11 is 0. The fourth-order valence-corrected chi connectivity index (χ4v) is 4.67. The molecule has 6 rings (SSSR count). The van der Waals surface area contributed by atoms with Gasteiger partial charge in [0.2, 0.25) is 0 Å². The number of hydrogen-bond acceptors (Lipinski definition) is 4. The van der Waals surface area contributed by atoms with E-state index in [-0.39, 0.29) is 17.4 Å². The van der Waals surface area contributed by atoms with Gasteiger partial charge in [-0.3, -0.25) is 9.36 Å². The summed E-state index contributed by atoms with van der Waals surface area (Å²) in [6.07, 6.45) is 4.06. The van der Waals surface area contributed by atoms with Crippen LogP contribution in [0.3, 0.4) is 0 Å². The number of rotatable bonds is 6. The molecule has 0 atom stereocenters. The van der Waals surface area contributed by atoms with Gasteiger partial charge in [-0.05, 0) is 86.7 Å². The second-order valence-electron chi connectivity index (χ2n) is 9.44. The zero-order chi connectivity index (χ0) is 25.0. The maximum absolute atomic E-state index is 14.0. The average molecular weight is 487 g/mol. The number of imidazole rings is 1. The Labute approximate surface area is 205 Å². The highest BCUT2D eigenvalue weighted by molar-refractivity contribution is 5.84. The Morgan fingerprint density at radius 2 is 1.69 bits per heavy atom. The minimum Gasteiger partial charge on any atom is -0.435 e. The van der Waals surface area contributed by atoms with Gasteiger partial charge in [-0.1, -0.05) is 12.1 Å². The van der Waals surface area contributed by atoms with Crippen molar-refractivity contribution in [3.8, 4) is 22.7 Å². The molecule has 0 N–H and O–H groups in total. The molecule has 5 aromatic rings. The van der Waals surface area contributed by atoms with Crippen LogP contribution in [0.1, 0.15) is 44.2 Å². The fourth-order valence-electron chi connectivity index (χ4n) is 4.67. The van der Waals surface area contributed by atoms with Crippen molar-refractivity contribution in [1.82, 2.24) is 19.1 Å². The lowest BCUT2D eigenvalue weighted by atomic mass is 10.1. The summed E-state index contributed by atoms with van der Waals surface area (Å²) in [5, 5.41) is 0. The van der Waals surface area contributed by atoms with Crippen LogP contribution in [0.5, 0.6) is 5.75 Å². The first kappa shape index (κ1) is 22.4. The molecule has 0 amide bonds. The van der Waals surface area contributed by atoms with E-state index in [0.29, 0.717) is 33.9 Å². The third-order valence-corrected chi connectivity index (χ3v) is 6.65. The lowest BCUT2D eigenvalue weighted by molar-refractivity contribution is -0.0498. The van der Waals surface area contributed by atoms with E-state index >= 15 is 0 Å². The van der Waals surface area contributed by atoms with E-state index in [9.17, 15) is 13.6 Å². The average Bonchev–Trinajstić information content (AvgIpc) is 3.62. The number of halogens is 2. The van der Waals surface area contributed by atoms with Crippen molar-refractivity contribution in [2.45, 2.75) is 45.3 Å². The quantitative estimate of drug-likeness (QED) is 0.276. The number of aromatic nitrogens is 4. The van der Waals surface area contributed by atoms with Crippen LogP contribution in [-0.2, 0) is 0 Å². The topological polar surface area (TPSA) is 61.9 Å². The Hall–Kier alpha value is -4.07. The van der Waals surface area contributed by atoms with Gasteiger partial charge >= 0.3 is 6.61 Å². The fraction of sp³-hybridized carbons (Fsp3) is 0.250. The standard InChI is InChI=1S/C28H24F2N4O2/c1-16(2)33-15-31-22-11-6-19(14-24(22)33)26-27(35)34(20-7-9-21(10-8-20)36-28(29)30)25-13-18(17-3-4-17)5-12-23(25)32-26/h5-17,28H,3-4H2,1-2H3. The summed E-state index contributed by atoms with van der Waals surface area (Å²) < 4.78 is 33.5. The first-order valence-electron chi connectivity index (χ1n) is 12.0. The minimum atomic E-state index is -2.91. The van der Waals surface area contributed by atoms with E-state index < -0.39 is 6.61 Å². The Bertz CT molecular complexity index is 1650. The van der Waals surface area contributed by atoms with Crippen LogP contribution < -0.4 is 10.3 Å². The Morgan fingerprint density at radius 1 is 0.944 bits per heavy atom. The molecule has 0 unspecified atom stereocenters. The van der Waals surface area contributed by atoms with Gasteiger partial charge in [-0.25, -0.2) is 9.97 Å². The maximum Gasteiger partial charge on any atom is 0.387 e. The van der Waals surface area contributed by atoms with Gasteiger partial charge in [0.05, 0.1) is 28.4 Å². The van der Waals surface area contributed by atoms with Crippen molar-refractivity contribution in [3.05, 3.63) is 82.9 Å². The van der Waals surface area contributed by atoms with Gasteiger partial charge in [-0.2, -0.15) is 8.78 Å². The van der Waals surface area contributed by atoms with Crippen LogP contribution in [0.2, 0.25) is 0 Å². The molecule has 182 valence electrons. The summed E-state index contributed by atoms with van der Waals surface area (Å²) in [7, 11) is 0. The minimum absolute atomic E-state index is 0.0338. The van der Waals surface area contributed by atoms with Crippen LogP contribution in [0.25, 0.3) is 39.0 Å². The van der Waals surface area contributed by atoms with Crippen molar-refractivity contribution < 1.29 is 13.5 Å². The van der Waals surface area contributed by atoms with Crippen molar-refractivity contribution >= 4 is 22.1 Å². The Balaban J connectivity index is 1.57. The maximum atomic E-state index is 14.0. The number of fused-ring (bicyclic) bond motifs is 2. The third kappa shape index (κ3) is 3.92. The van der Waals surface area contributed by atoms with Crippen LogP contribution in [-0.4, -0.2) is 25.7 Å². The Kier molecular flexibility index (Phi) is 5.32. The van der Waals surface area contributed by atoms with Crippen molar-refractivity contribution in [3.63, 3.8) is 0 Å². The van der Waals surface area contributed by atoms with E-state index in [1.807, 2.05) is 30.3 Å². The van der Waals surface area contributed by atoms with E-state index in [0.717, 1.165) is 23.9 Å². The predicted octanol–water partition coefficient (Wildman–Crippen LogP) is 6.46. The molecule has 0 spiro atoms. The second-order valence-corrected chi connectivity index (χ2v) is 9.44. The number of ether oxygens (including phenoxy) is 1. The normalized spacial score (nSPS) is 13.8. The van der Waals surface area contributed by atoms with E-state index in [1.54, 1.807) is 23.0 Å². The lowest BCUT2D eigenvalue weighted by Gasteiger charge is -2.15. The van der Waals surface area contributed by atoms with Gasteiger partial charge in [0.1, 0.15) is 11.4 Å². The molecule has 3 aromatic carbocycles. The molecule has 6 nitrogen and oxygen atoms in total. The van der Waals surface area contributed by atoms with Gasteiger partial charge in [0.25, 0.3) is 5.56 Å². The molecule has 0 saturated heterocycles. The highest BCUT2D eigenvalue weighted by atomic mass is 19.3. The SMILES string of the molecule is CC(C)n1cnc2ccc(-c3nc4ccc(C5CC5)cc4n(-c4ccc(OC(F)F)cc4)c3=O)cc21. The number of benzene rings is 3. The number of alkyl halides is 2. The summed E-state index contributed by atoms with van der Waals surface area (Å²) in [5.41, 5.74) is 5.57. The predicted molar refractivity (Wildman–Crippen MR) is 135 cm³/mol. The van der Waals surface area contributed by atoms with Crippen LogP contribution in [0, 0.1) is 0 Å². The first-order chi connectivity index (χ1) is 17.4. The second kappa shape index (κ2) is 8.55. The molecule has 1 saturated carbocycles. The molecule has 8 heteroatoms. The highest BCUT2D eigenvalue weighted by Gasteiger charge is 2.25. The number of hydrogen-bond donors (Lipinski definition) is 0. The van der Waals surface area contributed by atoms with Crippen LogP contribution in [0.4, 0.5) is 8.78 Å². The first-order valence-corrected chi connectivity index (χ1v) is 12.0. The molecule has 2 aromatic heterocycles. The molecular formula is C28H24F2N4O2. The van der Waals surface area contributed by atoms with Crippen molar-refractivity contribution in [2.75, 3.05) is 0 Å². The van der Waals surface area contributed by atoms with E-state index in [2.05, 4.69) is 34.2 Å². The van der Waals surface area contributed by atoms with E-state index in [4.69, 9.17) is 4.98 Å². The largest absolute Gasteiger partial charge is 0.435 e. The highest BCUT2D eigenvalue weighted by Crippen LogP contribution is 2.41. The van der Waals surface area contributed by atoms with Gasteiger partial charge in [-0.15, -0.1) is 0 Å². The van der Waals surface area contributed by atoms with Crippen LogP contribution in [0.15, 0.2) is 71.8 Å². The summed E-state index contributed by atoms with van der Waals surface area (Å²) in [6, 6.07) is 18.1. The summed E-state index contributed by atoms with van der Waals surface area (Å²) in [5.74, 6) is 0.532. The third-order valence-electron chi connectivity index (χ3n) is 6.65. The molecule has 1 fully saturated rings. The van der Waals surface area contributed by atoms with Gasteiger partial charge < -0.3 is 9.30 Å². The molecule has 1 aliphatic carbocycles. The summed E-state index contributed by atoms with van der Waals surface area (Å²) in [6.45, 7) is 1.24. The zero-order valence-corrected chi connectivity index (χ0v) is 19.9. The van der Waals surface area contributed by atoms with Crippen molar-refractivity contribution in [1.29, 1.82) is 0 Å². The molecule has 0 radical (unpaired) electrons. The van der Waals surface area contributed by atoms with Gasteiger partial charge in [0.15, 0.2) is 0 Å². The molecule has 0 aliphatic heterocycles. The van der Waals surface area contributed by atoms with Crippen LogP contribution >= 0.6 is 0 Å². The lowest BCUT2D eigenvalue weighted by Crippen LogP contribution is -2.22. The van der Waals surface area contributed by atoms with E-state index in [1.165, 1.54) is 17.7 Å². The molecule has 36 heavy (non-hydrogen) atoms. The molecule has 2 heterocycles.